The van der Waals surface area contributed by atoms with E-state index in [2.05, 4.69) is 37.2 Å². The van der Waals surface area contributed by atoms with Gasteiger partial charge in [0.1, 0.15) is 0 Å². The largest absolute Gasteiger partial charge is 0.376 e. The van der Waals surface area contributed by atoms with E-state index in [4.69, 9.17) is 4.74 Å². The smallest absolute Gasteiger partial charge is 0.252 e. The Labute approximate surface area is 117 Å². The molecule has 2 rings (SSSR count). The minimum Gasteiger partial charge on any atom is -0.376 e. The Kier molecular flexibility index (Phi) is 4.59. The molecule has 3 nitrogen and oxygen atoms in total. The summed E-state index contributed by atoms with van der Waals surface area (Å²) in [5.41, 5.74) is 0.636. The third kappa shape index (κ3) is 3.53. The van der Waals surface area contributed by atoms with E-state index >= 15 is 0 Å². The highest BCUT2D eigenvalue weighted by Gasteiger charge is 2.17. The quantitative estimate of drug-likeness (QED) is 0.897. The highest BCUT2D eigenvalue weighted by atomic mass is 79.9. The van der Waals surface area contributed by atoms with E-state index < -0.39 is 0 Å². The van der Waals surface area contributed by atoms with Crippen LogP contribution >= 0.6 is 31.9 Å². The van der Waals surface area contributed by atoms with Crippen LogP contribution in [0.3, 0.4) is 0 Å². The van der Waals surface area contributed by atoms with E-state index in [0.717, 1.165) is 28.4 Å². The van der Waals surface area contributed by atoms with Gasteiger partial charge < -0.3 is 10.1 Å². The minimum atomic E-state index is -0.0753. The molecule has 0 aliphatic carbocycles. The van der Waals surface area contributed by atoms with Gasteiger partial charge in [-0.25, -0.2) is 0 Å². The van der Waals surface area contributed by atoms with Gasteiger partial charge >= 0.3 is 0 Å². The molecule has 1 aliphatic rings. The van der Waals surface area contributed by atoms with Crippen molar-refractivity contribution in [2.24, 2.45) is 0 Å². The van der Waals surface area contributed by atoms with Crippen molar-refractivity contribution >= 4 is 37.8 Å². The van der Waals surface area contributed by atoms with E-state index in [-0.39, 0.29) is 12.0 Å². The predicted molar refractivity (Wildman–Crippen MR) is 73.1 cm³/mol. The van der Waals surface area contributed by atoms with Crippen molar-refractivity contribution in [1.29, 1.82) is 0 Å². The molecule has 1 aromatic rings. The van der Waals surface area contributed by atoms with Crippen molar-refractivity contribution in [2.45, 2.75) is 18.9 Å². The second-order valence-electron chi connectivity index (χ2n) is 3.97. The molecular weight excluding hydrogens is 350 g/mol. The van der Waals surface area contributed by atoms with Crippen LogP contribution in [0.15, 0.2) is 27.1 Å². The summed E-state index contributed by atoms with van der Waals surface area (Å²) in [5.74, 6) is -0.0753. The summed E-state index contributed by atoms with van der Waals surface area (Å²) in [6, 6.07) is 5.54. The molecule has 92 valence electrons. The fourth-order valence-corrected chi connectivity index (χ4v) is 2.57. The Morgan fingerprint density at radius 1 is 1.47 bits per heavy atom. The number of amides is 1. The van der Waals surface area contributed by atoms with Gasteiger partial charge in [-0.05, 0) is 47.0 Å². The molecule has 1 aromatic carbocycles. The molecule has 0 bridgehead atoms. The number of rotatable bonds is 3. The van der Waals surface area contributed by atoms with Gasteiger partial charge in [-0.15, -0.1) is 0 Å². The third-order valence-corrected chi connectivity index (χ3v) is 3.87. The lowest BCUT2D eigenvalue weighted by Crippen LogP contribution is -2.31. The van der Waals surface area contributed by atoms with Gasteiger partial charge in [-0.1, -0.05) is 15.9 Å². The second kappa shape index (κ2) is 5.98. The molecule has 17 heavy (non-hydrogen) atoms. The molecule has 5 heteroatoms. The molecule has 1 saturated heterocycles. The topological polar surface area (TPSA) is 38.3 Å². The lowest BCUT2D eigenvalue weighted by Gasteiger charge is -2.11. The molecule has 0 aromatic heterocycles. The maximum Gasteiger partial charge on any atom is 0.252 e. The van der Waals surface area contributed by atoms with E-state index in [9.17, 15) is 4.79 Å². The van der Waals surface area contributed by atoms with Crippen LogP contribution in [0.1, 0.15) is 23.2 Å². The van der Waals surface area contributed by atoms with E-state index in [1.165, 1.54) is 0 Å². The SMILES string of the molecule is O=C(NCC1CCCO1)c1cc(Br)ccc1Br. The predicted octanol–water partition coefficient (Wildman–Crippen LogP) is 3.12. The van der Waals surface area contributed by atoms with Crippen LogP contribution in [0.4, 0.5) is 0 Å². The molecule has 1 atom stereocenters. The Hall–Kier alpha value is -0.390. The Bertz CT molecular complexity index is 417. The number of carbonyl (C=O) groups is 1. The maximum atomic E-state index is 12.0. The van der Waals surface area contributed by atoms with E-state index in [1.807, 2.05) is 12.1 Å². The Morgan fingerprint density at radius 3 is 3.00 bits per heavy atom. The highest BCUT2D eigenvalue weighted by Crippen LogP contribution is 2.21. The average molecular weight is 363 g/mol. The molecule has 1 fully saturated rings. The molecule has 0 saturated carbocycles. The third-order valence-electron chi connectivity index (χ3n) is 2.69. The van der Waals surface area contributed by atoms with Gasteiger partial charge in [0, 0.05) is 22.1 Å². The van der Waals surface area contributed by atoms with Crippen LogP contribution < -0.4 is 5.32 Å². The summed E-state index contributed by atoms with van der Waals surface area (Å²) in [5, 5.41) is 2.89. The second-order valence-corrected chi connectivity index (χ2v) is 5.74. The van der Waals surface area contributed by atoms with Crippen LogP contribution in [-0.4, -0.2) is 25.2 Å². The molecule has 1 unspecified atom stereocenters. The first kappa shape index (κ1) is 13.1. The van der Waals surface area contributed by atoms with Crippen molar-refractivity contribution in [1.82, 2.24) is 5.32 Å². The molecule has 1 aliphatic heterocycles. The molecule has 1 N–H and O–H groups in total. The van der Waals surface area contributed by atoms with Crippen molar-refractivity contribution < 1.29 is 9.53 Å². The zero-order valence-corrected chi connectivity index (χ0v) is 12.4. The normalized spacial score (nSPS) is 19.3. The van der Waals surface area contributed by atoms with E-state index in [0.29, 0.717) is 12.1 Å². The fourth-order valence-electron chi connectivity index (χ4n) is 1.78. The highest BCUT2D eigenvalue weighted by molar-refractivity contribution is 9.11. The summed E-state index contributed by atoms with van der Waals surface area (Å²) in [6.45, 7) is 1.39. The molecule has 0 spiro atoms. The molecule has 1 amide bonds. The summed E-state index contributed by atoms with van der Waals surface area (Å²) >= 11 is 6.73. The lowest BCUT2D eigenvalue weighted by molar-refractivity contribution is 0.0857. The summed E-state index contributed by atoms with van der Waals surface area (Å²) in [6.07, 6.45) is 2.28. The number of ether oxygens (including phenoxy) is 1. The number of hydrogen-bond acceptors (Lipinski definition) is 2. The number of hydrogen-bond donors (Lipinski definition) is 1. The Balaban J connectivity index is 1.96. The first-order valence-electron chi connectivity index (χ1n) is 5.51. The van der Waals surface area contributed by atoms with Crippen LogP contribution in [-0.2, 0) is 4.74 Å². The van der Waals surface area contributed by atoms with Crippen molar-refractivity contribution in [3.8, 4) is 0 Å². The number of nitrogens with one attached hydrogen (secondary N) is 1. The van der Waals surface area contributed by atoms with Crippen molar-refractivity contribution in [3.63, 3.8) is 0 Å². The first-order valence-corrected chi connectivity index (χ1v) is 7.10. The van der Waals surface area contributed by atoms with Crippen molar-refractivity contribution in [3.05, 3.63) is 32.7 Å². The molecule has 1 heterocycles. The average Bonchev–Trinajstić information content (AvgIpc) is 2.82. The van der Waals surface area contributed by atoms with Crippen LogP contribution in [0.25, 0.3) is 0 Å². The zero-order valence-electron chi connectivity index (χ0n) is 9.21. The van der Waals surface area contributed by atoms with Gasteiger partial charge in [0.2, 0.25) is 0 Å². The molecular formula is C12H13Br2NO2. The monoisotopic (exact) mass is 361 g/mol. The zero-order chi connectivity index (χ0) is 12.3. The van der Waals surface area contributed by atoms with Crippen molar-refractivity contribution in [2.75, 3.05) is 13.2 Å². The summed E-state index contributed by atoms with van der Waals surface area (Å²) in [4.78, 5) is 12.0. The van der Waals surface area contributed by atoms with E-state index in [1.54, 1.807) is 6.07 Å². The van der Waals surface area contributed by atoms with Gasteiger partial charge in [0.15, 0.2) is 0 Å². The van der Waals surface area contributed by atoms with Crippen LogP contribution in [0, 0.1) is 0 Å². The standard InChI is InChI=1S/C12H13Br2NO2/c13-8-3-4-11(14)10(6-8)12(16)15-7-9-2-1-5-17-9/h3-4,6,9H,1-2,5,7H2,(H,15,16). The number of carbonyl (C=O) groups excluding carboxylic acids is 1. The van der Waals surface area contributed by atoms with Gasteiger partial charge in [0.25, 0.3) is 5.91 Å². The summed E-state index contributed by atoms with van der Waals surface area (Å²) < 4.78 is 7.15. The Morgan fingerprint density at radius 2 is 2.29 bits per heavy atom. The van der Waals surface area contributed by atoms with Crippen LogP contribution in [0.2, 0.25) is 0 Å². The van der Waals surface area contributed by atoms with Gasteiger partial charge in [0.05, 0.1) is 11.7 Å². The van der Waals surface area contributed by atoms with Gasteiger partial charge in [-0.2, -0.15) is 0 Å². The minimum absolute atomic E-state index is 0.0753. The maximum absolute atomic E-state index is 12.0. The fraction of sp³-hybridized carbons (Fsp3) is 0.417. The number of benzene rings is 1. The van der Waals surface area contributed by atoms with Gasteiger partial charge in [-0.3, -0.25) is 4.79 Å². The first-order chi connectivity index (χ1) is 8.16. The molecule has 0 radical (unpaired) electrons. The summed E-state index contributed by atoms with van der Waals surface area (Å²) in [7, 11) is 0. The van der Waals surface area contributed by atoms with Crippen LogP contribution in [0.5, 0.6) is 0 Å². The number of halogens is 2. The lowest BCUT2D eigenvalue weighted by atomic mass is 10.2.